The number of para-hydroxylation sites is 2. The van der Waals surface area contributed by atoms with Gasteiger partial charge in [-0.3, -0.25) is 4.90 Å². The Bertz CT molecular complexity index is 624. The van der Waals surface area contributed by atoms with Crippen LogP contribution in [0.25, 0.3) is 0 Å². The summed E-state index contributed by atoms with van der Waals surface area (Å²) in [5.74, 6) is 0. The van der Waals surface area contributed by atoms with Crippen LogP contribution in [0.1, 0.15) is 0 Å². The number of urea groups is 1. The maximum Gasteiger partial charge on any atom is 0.319 e. The van der Waals surface area contributed by atoms with E-state index < -0.39 is 0 Å². The minimum Gasteiger partial charge on any atom is -0.369 e. The van der Waals surface area contributed by atoms with Crippen LogP contribution in [-0.4, -0.2) is 50.2 Å². The highest BCUT2D eigenvalue weighted by atomic mass is 16.2. The van der Waals surface area contributed by atoms with Crippen LogP contribution >= 0.6 is 0 Å². The molecule has 24 heavy (non-hydrogen) atoms. The predicted octanol–water partition coefficient (Wildman–Crippen LogP) is 2.63. The van der Waals surface area contributed by atoms with Gasteiger partial charge in [0.15, 0.2) is 0 Å². The van der Waals surface area contributed by atoms with E-state index in [4.69, 9.17) is 0 Å². The average Bonchev–Trinajstić information content (AvgIpc) is 2.64. The fourth-order valence-electron chi connectivity index (χ4n) is 2.89. The average molecular weight is 324 g/mol. The van der Waals surface area contributed by atoms with Gasteiger partial charge in [-0.25, -0.2) is 4.79 Å². The Morgan fingerprint density at radius 1 is 0.875 bits per heavy atom. The maximum absolute atomic E-state index is 11.8. The van der Waals surface area contributed by atoms with Gasteiger partial charge in [0.05, 0.1) is 0 Å². The second kappa shape index (κ2) is 8.36. The maximum atomic E-state index is 11.8. The van der Waals surface area contributed by atoms with Crippen molar-refractivity contribution in [3.05, 3.63) is 60.7 Å². The summed E-state index contributed by atoms with van der Waals surface area (Å²) in [7, 11) is 0. The van der Waals surface area contributed by atoms with Gasteiger partial charge >= 0.3 is 6.03 Å². The zero-order chi connectivity index (χ0) is 16.6. The SMILES string of the molecule is O=C(NCCN1CCN(c2ccccc2)CC1)Nc1ccccc1. The van der Waals surface area contributed by atoms with Gasteiger partial charge in [0.25, 0.3) is 0 Å². The molecule has 1 aliphatic rings. The molecular formula is C19H24N4O. The Morgan fingerprint density at radius 2 is 1.50 bits per heavy atom. The van der Waals surface area contributed by atoms with E-state index >= 15 is 0 Å². The van der Waals surface area contributed by atoms with E-state index in [0.29, 0.717) is 6.54 Å². The van der Waals surface area contributed by atoms with Crippen LogP contribution in [0.4, 0.5) is 16.2 Å². The van der Waals surface area contributed by atoms with E-state index in [2.05, 4.69) is 44.7 Å². The minimum atomic E-state index is -0.149. The van der Waals surface area contributed by atoms with Gasteiger partial charge in [-0.15, -0.1) is 0 Å². The molecule has 0 aliphatic carbocycles. The summed E-state index contributed by atoms with van der Waals surface area (Å²) in [5.41, 5.74) is 2.10. The van der Waals surface area contributed by atoms with Crippen molar-refractivity contribution in [3.8, 4) is 0 Å². The molecule has 0 unspecified atom stereocenters. The number of benzene rings is 2. The number of piperazine rings is 1. The zero-order valence-corrected chi connectivity index (χ0v) is 13.8. The molecule has 1 saturated heterocycles. The van der Waals surface area contributed by atoms with Gasteiger partial charge in [0.1, 0.15) is 0 Å². The first-order chi connectivity index (χ1) is 11.8. The Hall–Kier alpha value is -2.53. The Balaban J connectivity index is 1.34. The van der Waals surface area contributed by atoms with Gasteiger partial charge in [-0.05, 0) is 24.3 Å². The first kappa shape index (κ1) is 16.3. The van der Waals surface area contributed by atoms with Crippen LogP contribution in [-0.2, 0) is 0 Å². The lowest BCUT2D eigenvalue weighted by Crippen LogP contribution is -2.48. The first-order valence-electron chi connectivity index (χ1n) is 8.43. The van der Waals surface area contributed by atoms with Crippen molar-refractivity contribution in [2.24, 2.45) is 0 Å². The molecule has 1 heterocycles. The van der Waals surface area contributed by atoms with Crippen LogP contribution in [0.2, 0.25) is 0 Å². The van der Waals surface area contributed by atoms with Gasteiger partial charge in [0, 0.05) is 50.6 Å². The van der Waals surface area contributed by atoms with E-state index in [-0.39, 0.29) is 6.03 Å². The van der Waals surface area contributed by atoms with Crippen molar-refractivity contribution < 1.29 is 4.79 Å². The molecule has 2 aromatic rings. The van der Waals surface area contributed by atoms with Crippen molar-refractivity contribution >= 4 is 17.4 Å². The molecule has 5 nitrogen and oxygen atoms in total. The molecule has 126 valence electrons. The molecule has 0 aromatic heterocycles. The number of hydrogen-bond acceptors (Lipinski definition) is 3. The topological polar surface area (TPSA) is 47.6 Å². The van der Waals surface area contributed by atoms with Crippen molar-refractivity contribution in [1.82, 2.24) is 10.2 Å². The second-order valence-corrected chi connectivity index (χ2v) is 5.91. The molecule has 2 N–H and O–H groups in total. The molecule has 1 aliphatic heterocycles. The third-order valence-electron chi connectivity index (χ3n) is 4.24. The Morgan fingerprint density at radius 3 is 2.17 bits per heavy atom. The number of carbonyl (C=O) groups excluding carboxylic acids is 1. The fraction of sp³-hybridized carbons (Fsp3) is 0.316. The van der Waals surface area contributed by atoms with Crippen LogP contribution in [0.15, 0.2) is 60.7 Å². The van der Waals surface area contributed by atoms with E-state index in [1.165, 1.54) is 5.69 Å². The standard InChI is InChI=1S/C19H24N4O/c24-19(21-17-7-3-1-4-8-17)20-11-12-22-13-15-23(16-14-22)18-9-5-2-6-10-18/h1-10H,11-16H2,(H2,20,21,24). The van der Waals surface area contributed by atoms with Crippen molar-refractivity contribution in [2.75, 3.05) is 49.5 Å². The summed E-state index contributed by atoms with van der Waals surface area (Å²) in [6, 6.07) is 19.9. The van der Waals surface area contributed by atoms with Gasteiger partial charge in [-0.1, -0.05) is 36.4 Å². The summed E-state index contributed by atoms with van der Waals surface area (Å²) in [6.07, 6.45) is 0. The van der Waals surface area contributed by atoms with Crippen LogP contribution in [0.5, 0.6) is 0 Å². The Labute approximate surface area is 143 Å². The van der Waals surface area contributed by atoms with Crippen LogP contribution in [0, 0.1) is 0 Å². The molecule has 1 fully saturated rings. The normalized spacial score (nSPS) is 15.1. The van der Waals surface area contributed by atoms with E-state index in [0.717, 1.165) is 38.4 Å². The highest BCUT2D eigenvalue weighted by Crippen LogP contribution is 2.15. The smallest absolute Gasteiger partial charge is 0.319 e. The number of amides is 2. The van der Waals surface area contributed by atoms with Crippen molar-refractivity contribution in [2.45, 2.75) is 0 Å². The summed E-state index contributed by atoms with van der Waals surface area (Å²) in [6.45, 7) is 5.64. The molecule has 0 radical (unpaired) electrons. The van der Waals surface area contributed by atoms with Crippen molar-refractivity contribution in [3.63, 3.8) is 0 Å². The summed E-state index contributed by atoms with van der Waals surface area (Å²) < 4.78 is 0. The quantitative estimate of drug-likeness (QED) is 0.889. The third-order valence-corrected chi connectivity index (χ3v) is 4.24. The van der Waals surface area contributed by atoms with Gasteiger partial charge < -0.3 is 15.5 Å². The van der Waals surface area contributed by atoms with E-state index in [1.54, 1.807) is 0 Å². The highest BCUT2D eigenvalue weighted by Gasteiger charge is 2.16. The lowest BCUT2D eigenvalue weighted by molar-refractivity contribution is 0.240. The second-order valence-electron chi connectivity index (χ2n) is 5.91. The lowest BCUT2D eigenvalue weighted by Gasteiger charge is -2.36. The number of nitrogens with zero attached hydrogens (tertiary/aromatic N) is 2. The molecule has 3 rings (SSSR count). The summed E-state index contributed by atoms with van der Waals surface area (Å²) in [4.78, 5) is 16.6. The van der Waals surface area contributed by atoms with Crippen LogP contribution in [0.3, 0.4) is 0 Å². The number of nitrogens with one attached hydrogen (secondary N) is 2. The summed E-state index contributed by atoms with van der Waals surface area (Å²) >= 11 is 0. The first-order valence-corrected chi connectivity index (χ1v) is 8.43. The third kappa shape index (κ3) is 4.73. The van der Waals surface area contributed by atoms with Crippen molar-refractivity contribution in [1.29, 1.82) is 0 Å². The fourth-order valence-corrected chi connectivity index (χ4v) is 2.89. The van der Waals surface area contributed by atoms with Gasteiger partial charge in [0.2, 0.25) is 0 Å². The lowest BCUT2D eigenvalue weighted by atomic mass is 10.2. The number of rotatable bonds is 5. The Kier molecular flexibility index (Phi) is 5.69. The number of carbonyl (C=O) groups is 1. The van der Waals surface area contributed by atoms with Crippen LogP contribution < -0.4 is 15.5 Å². The predicted molar refractivity (Wildman–Crippen MR) is 98.6 cm³/mol. The molecular weight excluding hydrogens is 300 g/mol. The van der Waals surface area contributed by atoms with E-state index in [9.17, 15) is 4.79 Å². The summed E-state index contributed by atoms with van der Waals surface area (Å²) in [5, 5.41) is 5.75. The molecule has 0 spiro atoms. The number of hydrogen-bond donors (Lipinski definition) is 2. The number of anilines is 2. The molecule has 2 amide bonds. The monoisotopic (exact) mass is 324 g/mol. The molecule has 5 heteroatoms. The zero-order valence-electron chi connectivity index (χ0n) is 13.8. The molecule has 2 aromatic carbocycles. The molecule has 0 saturated carbocycles. The highest BCUT2D eigenvalue weighted by molar-refractivity contribution is 5.89. The molecule has 0 atom stereocenters. The molecule has 0 bridgehead atoms. The largest absolute Gasteiger partial charge is 0.369 e. The van der Waals surface area contributed by atoms with Gasteiger partial charge in [-0.2, -0.15) is 0 Å². The van der Waals surface area contributed by atoms with E-state index in [1.807, 2.05) is 36.4 Å². The minimum absolute atomic E-state index is 0.149.